The highest BCUT2D eigenvalue weighted by Crippen LogP contribution is 2.17. The Morgan fingerprint density at radius 2 is 2.24 bits per heavy atom. The molecule has 17 heavy (non-hydrogen) atoms. The lowest BCUT2D eigenvalue weighted by Gasteiger charge is -2.28. The van der Waals surface area contributed by atoms with E-state index in [0.29, 0.717) is 0 Å². The molecule has 1 saturated heterocycles. The van der Waals surface area contributed by atoms with Crippen LogP contribution in [0.1, 0.15) is 17.0 Å². The quantitative estimate of drug-likeness (QED) is 0.581. The predicted octanol–water partition coefficient (Wildman–Crippen LogP) is -1.04. The first-order valence-electron chi connectivity index (χ1n) is 5.01. The van der Waals surface area contributed by atoms with E-state index in [0.717, 1.165) is 0 Å². The molecular formula is C10H11N3O4. The molecule has 2 heterocycles. The molecule has 1 fully saturated rings. The third-order valence-electron chi connectivity index (χ3n) is 2.59. The number of Topliss-reactive ketones (excluding diaryl/α,β-unsaturated/α-hetero) is 1. The molecule has 0 spiro atoms. The van der Waals surface area contributed by atoms with Crippen LogP contribution >= 0.6 is 0 Å². The largest absolute Gasteiger partial charge is 0.461 e. The van der Waals surface area contributed by atoms with E-state index >= 15 is 0 Å². The van der Waals surface area contributed by atoms with Crippen LogP contribution in [-0.2, 0) is 9.59 Å². The standard InChI is InChI=1S/C10H11N3O4/c11-10(16)5-4-7(14)12-13-8(5)9(15)6-2-1-3-17-6/h1-3,5,8,13H,4H2,(H2,11,16)(H,12,14). The van der Waals surface area contributed by atoms with Crippen molar-refractivity contribution in [2.24, 2.45) is 11.7 Å². The van der Waals surface area contributed by atoms with Gasteiger partial charge in [-0.1, -0.05) is 0 Å². The summed E-state index contributed by atoms with van der Waals surface area (Å²) in [6.45, 7) is 0. The zero-order valence-electron chi connectivity index (χ0n) is 8.80. The summed E-state index contributed by atoms with van der Waals surface area (Å²) in [5.74, 6) is -2.25. The van der Waals surface area contributed by atoms with E-state index in [2.05, 4.69) is 10.9 Å². The molecule has 2 amide bonds. The maximum atomic E-state index is 12.0. The molecule has 7 nitrogen and oxygen atoms in total. The number of nitrogens with two attached hydrogens (primary N) is 1. The number of nitrogens with one attached hydrogen (secondary N) is 2. The average molecular weight is 237 g/mol. The number of primary amides is 1. The summed E-state index contributed by atoms with van der Waals surface area (Å²) in [5, 5.41) is 0. The predicted molar refractivity (Wildman–Crippen MR) is 55.4 cm³/mol. The Balaban J connectivity index is 2.21. The molecule has 0 bridgehead atoms. The molecule has 1 aromatic rings. The van der Waals surface area contributed by atoms with Crippen LogP contribution in [0, 0.1) is 5.92 Å². The van der Waals surface area contributed by atoms with Crippen molar-refractivity contribution in [3.63, 3.8) is 0 Å². The van der Waals surface area contributed by atoms with Crippen LogP contribution in [-0.4, -0.2) is 23.6 Å². The molecule has 1 aliphatic rings. The van der Waals surface area contributed by atoms with Gasteiger partial charge in [0, 0.05) is 6.42 Å². The number of furan rings is 1. The van der Waals surface area contributed by atoms with E-state index in [-0.39, 0.29) is 18.1 Å². The number of amides is 2. The van der Waals surface area contributed by atoms with Crippen molar-refractivity contribution in [3.8, 4) is 0 Å². The zero-order valence-corrected chi connectivity index (χ0v) is 8.80. The van der Waals surface area contributed by atoms with E-state index in [1.165, 1.54) is 12.3 Å². The van der Waals surface area contributed by atoms with Gasteiger partial charge in [-0.05, 0) is 12.1 Å². The molecule has 0 aromatic carbocycles. The maximum Gasteiger partial charge on any atom is 0.234 e. The van der Waals surface area contributed by atoms with Crippen molar-refractivity contribution in [1.82, 2.24) is 10.9 Å². The van der Waals surface area contributed by atoms with Gasteiger partial charge in [-0.25, -0.2) is 5.43 Å². The average Bonchev–Trinajstić information content (AvgIpc) is 2.81. The van der Waals surface area contributed by atoms with Crippen LogP contribution in [0.15, 0.2) is 22.8 Å². The van der Waals surface area contributed by atoms with Crippen molar-refractivity contribution in [2.45, 2.75) is 12.5 Å². The number of hydrazine groups is 1. The van der Waals surface area contributed by atoms with Crippen LogP contribution in [0.25, 0.3) is 0 Å². The number of hydrogen-bond acceptors (Lipinski definition) is 5. The van der Waals surface area contributed by atoms with Crippen molar-refractivity contribution in [3.05, 3.63) is 24.2 Å². The van der Waals surface area contributed by atoms with Crippen molar-refractivity contribution >= 4 is 17.6 Å². The van der Waals surface area contributed by atoms with E-state index < -0.39 is 23.7 Å². The van der Waals surface area contributed by atoms with Gasteiger partial charge < -0.3 is 10.2 Å². The summed E-state index contributed by atoms with van der Waals surface area (Å²) in [4.78, 5) is 34.3. The highest BCUT2D eigenvalue weighted by molar-refractivity contribution is 6.02. The summed E-state index contributed by atoms with van der Waals surface area (Å²) in [7, 11) is 0. The maximum absolute atomic E-state index is 12.0. The summed E-state index contributed by atoms with van der Waals surface area (Å²) in [6.07, 6.45) is 1.24. The second kappa shape index (κ2) is 4.38. The van der Waals surface area contributed by atoms with Gasteiger partial charge in [0.15, 0.2) is 5.76 Å². The molecule has 0 radical (unpaired) electrons. The van der Waals surface area contributed by atoms with Gasteiger partial charge in [-0.3, -0.25) is 19.8 Å². The molecule has 0 saturated carbocycles. The van der Waals surface area contributed by atoms with Gasteiger partial charge in [-0.15, -0.1) is 0 Å². The molecule has 1 aromatic heterocycles. The second-order valence-electron chi connectivity index (χ2n) is 3.72. The minimum atomic E-state index is -0.892. The van der Waals surface area contributed by atoms with Crippen LogP contribution in [0.5, 0.6) is 0 Å². The fourth-order valence-electron chi connectivity index (χ4n) is 1.71. The molecule has 7 heteroatoms. The topological polar surface area (TPSA) is 114 Å². The van der Waals surface area contributed by atoms with Gasteiger partial charge in [-0.2, -0.15) is 0 Å². The van der Waals surface area contributed by atoms with Crippen molar-refractivity contribution < 1.29 is 18.8 Å². The number of ketones is 1. The van der Waals surface area contributed by atoms with Crippen LogP contribution < -0.4 is 16.6 Å². The van der Waals surface area contributed by atoms with Gasteiger partial charge in [0.25, 0.3) is 0 Å². The Morgan fingerprint density at radius 1 is 1.47 bits per heavy atom. The highest BCUT2D eigenvalue weighted by atomic mass is 16.3. The Kier molecular flexibility index (Phi) is 2.92. The third-order valence-corrected chi connectivity index (χ3v) is 2.59. The first kappa shape index (κ1) is 11.3. The molecule has 2 atom stereocenters. The first-order valence-corrected chi connectivity index (χ1v) is 5.01. The molecule has 4 N–H and O–H groups in total. The molecular weight excluding hydrogens is 226 g/mol. The third kappa shape index (κ3) is 2.18. The minimum absolute atomic E-state index is 0.112. The lowest BCUT2D eigenvalue weighted by Crippen LogP contribution is -2.60. The van der Waals surface area contributed by atoms with Gasteiger partial charge in [0.05, 0.1) is 12.2 Å². The summed E-state index contributed by atoms with van der Waals surface area (Å²) in [5.41, 5.74) is 9.95. The normalized spacial score (nSPS) is 24.1. The smallest absolute Gasteiger partial charge is 0.234 e. The molecule has 1 aliphatic heterocycles. The summed E-state index contributed by atoms with van der Waals surface area (Å²) < 4.78 is 4.95. The van der Waals surface area contributed by atoms with Crippen LogP contribution in [0.3, 0.4) is 0 Å². The van der Waals surface area contributed by atoms with Gasteiger partial charge in [0.2, 0.25) is 17.6 Å². The highest BCUT2D eigenvalue weighted by Gasteiger charge is 2.38. The molecule has 90 valence electrons. The van der Waals surface area contributed by atoms with Gasteiger partial charge >= 0.3 is 0 Å². The Morgan fingerprint density at radius 3 is 2.82 bits per heavy atom. The van der Waals surface area contributed by atoms with Crippen molar-refractivity contribution in [1.29, 1.82) is 0 Å². The number of carbonyl (C=O) groups is 3. The fraction of sp³-hybridized carbons (Fsp3) is 0.300. The Bertz CT molecular complexity index is 454. The Hall–Kier alpha value is -2.15. The lowest BCUT2D eigenvalue weighted by molar-refractivity contribution is -0.132. The van der Waals surface area contributed by atoms with Crippen LogP contribution in [0.4, 0.5) is 0 Å². The van der Waals surface area contributed by atoms with E-state index in [9.17, 15) is 14.4 Å². The van der Waals surface area contributed by atoms with Gasteiger partial charge in [0.1, 0.15) is 6.04 Å². The van der Waals surface area contributed by atoms with Crippen molar-refractivity contribution in [2.75, 3.05) is 0 Å². The summed E-state index contributed by atoms with van der Waals surface area (Å²) >= 11 is 0. The summed E-state index contributed by atoms with van der Waals surface area (Å²) in [6, 6.07) is 2.16. The SMILES string of the molecule is NC(=O)C1CC(=O)NNC1C(=O)c1ccco1. The number of rotatable bonds is 3. The Labute approximate surface area is 96.3 Å². The van der Waals surface area contributed by atoms with Crippen LogP contribution in [0.2, 0.25) is 0 Å². The zero-order chi connectivity index (χ0) is 12.4. The fourth-order valence-corrected chi connectivity index (χ4v) is 1.71. The molecule has 2 unspecified atom stereocenters. The molecule has 0 aliphatic carbocycles. The van der Waals surface area contributed by atoms with E-state index in [1.807, 2.05) is 0 Å². The lowest BCUT2D eigenvalue weighted by atomic mass is 9.90. The van der Waals surface area contributed by atoms with E-state index in [4.69, 9.17) is 10.2 Å². The number of carbonyl (C=O) groups excluding carboxylic acids is 3. The molecule has 2 rings (SSSR count). The number of hydrogen-bond donors (Lipinski definition) is 3. The second-order valence-corrected chi connectivity index (χ2v) is 3.72. The monoisotopic (exact) mass is 237 g/mol. The minimum Gasteiger partial charge on any atom is -0.461 e. The van der Waals surface area contributed by atoms with E-state index in [1.54, 1.807) is 6.07 Å². The first-order chi connectivity index (χ1) is 8.09.